The van der Waals surface area contributed by atoms with E-state index >= 15 is 0 Å². The Hall–Kier alpha value is -2.58. The van der Waals surface area contributed by atoms with Gasteiger partial charge in [-0.15, -0.1) is 11.3 Å². The highest BCUT2D eigenvalue weighted by Crippen LogP contribution is 2.39. The van der Waals surface area contributed by atoms with Gasteiger partial charge in [0.25, 0.3) is 0 Å². The Morgan fingerprint density at radius 1 is 1.17 bits per heavy atom. The van der Waals surface area contributed by atoms with Gasteiger partial charge in [-0.3, -0.25) is 0 Å². The Morgan fingerprint density at radius 3 is 2.63 bits per heavy atom. The van der Waals surface area contributed by atoms with Gasteiger partial charge in [0.15, 0.2) is 0 Å². The molecule has 0 unspecified atom stereocenters. The molecule has 0 amide bonds. The lowest BCUT2D eigenvalue weighted by atomic mass is 9.94. The highest BCUT2D eigenvalue weighted by Gasteiger charge is 2.31. The SMILES string of the molecule is COC(=O)c1cc(-c2csc3cc(C(F)(F)F)ccc23)ccc1N1CCC[C@H](CNC(C)(C)C)C1. The van der Waals surface area contributed by atoms with E-state index in [4.69, 9.17) is 4.74 Å². The monoisotopic (exact) mass is 504 g/mol. The Labute approximate surface area is 208 Å². The maximum absolute atomic E-state index is 13.1. The third kappa shape index (κ3) is 5.81. The predicted octanol–water partition coefficient (Wildman–Crippen LogP) is 6.98. The van der Waals surface area contributed by atoms with E-state index in [0.29, 0.717) is 16.2 Å². The fraction of sp³-hybridized carbons (Fsp3) is 0.444. The average molecular weight is 505 g/mol. The summed E-state index contributed by atoms with van der Waals surface area (Å²) in [6.45, 7) is 9.07. The molecule has 3 aromatic rings. The van der Waals surface area contributed by atoms with Gasteiger partial charge in [-0.25, -0.2) is 4.79 Å². The number of fused-ring (bicyclic) bond motifs is 1. The number of carbonyl (C=O) groups excluding carboxylic acids is 1. The number of hydrogen-bond acceptors (Lipinski definition) is 5. The number of nitrogens with zero attached hydrogens (tertiary/aromatic N) is 1. The van der Waals surface area contributed by atoms with Gasteiger partial charge in [0, 0.05) is 40.8 Å². The Morgan fingerprint density at radius 2 is 1.94 bits per heavy atom. The maximum atomic E-state index is 13.1. The lowest BCUT2D eigenvalue weighted by Crippen LogP contribution is -2.45. The van der Waals surface area contributed by atoms with Crippen molar-refractivity contribution in [3.05, 3.63) is 52.9 Å². The number of hydrogen-bond donors (Lipinski definition) is 1. The van der Waals surface area contributed by atoms with Crippen molar-refractivity contribution in [1.82, 2.24) is 5.32 Å². The van der Waals surface area contributed by atoms with Gasteiger partial charge in [0.05, 0.1) is 23.9 Å². The van der Waals surface area contributed by atoms with Crippen molar-refractivity contribution in [1.29, 1.82) is 0 Å². The van der Waals surface area contributed by atoms with Crippen LogP contribution in [0.5, 0.6) is 0 Å². The van der Waals surface area contributed by atoms with E-state index in [1.54, 1.807) is 6.07 Å². The molecular formula is C27H31F3N2O2S. The number of esters is 1. The highest BCUT2D eigenvalue weighted by atomic mass is 32.1. The second-order valence-electron chi connectivity index (χ2n) is 10.2. The van der Waals surface area contributed by atoms with Crippen LogP contribution in [-0.2, 0) is 10.9 Å². The maximum Gasteiger partial charge on any atom is 0.416 e. The first-order valence-electron chi connectivity index (χ1n) is 11.8. The summed E-state index contributed by atoms with van der Waals surface area (Å²) >= 11 is 1.27. The lowest BCUT2D eigenvalue weighted by Gasteiger charge is -2.36. The molecule has 0 spiro atoms. The molecular weight excluding hydrogens is 473 g/mol. The summed E-state index contributed by atoms with van der Waals surface area (Å²) in [6, 6.07) is 9.48. The summed E-state index contributed by atoms with van der Waals surface area (Å²) in [5.74, 6) is 0.0486. The molecule has 1 fully saturated rings. The fourth-order valence-electron chi connectivity index (χ4n) is 4.58. The molecule has 2 heterocycles. The minimum Gasteiger partial charge on any atom is -0.465 e. The van der Waals surface area contributed by atoms with Gasteiger partial charge in [-0.05, 0) is 74.7 Å². The number of carbonyl (C=O) groups is 1. The third-order valence-electron chi connectivity index (χ3n) is 6.40. The van der Waals surface area contributed by atoms with Crippen LogP contribution < -0.4 is 10.2 Å². The topological polar surface area (TPSA) is 41.6 Å². The molecule has 1 aliphatic heterocycles. The van der Waals surface area contributed by atoms with Crippen molar-refractivity contribution >= 4 is 33.1 Å². The summed E-state index contributed by atoms with van der Waals surface area (Å²) in [6.07, 6.45) is -2.21. The molecule has 0 radical (unpaired) electrons. The first-order chi connectivity index (χ1) is 16.5. The zero-order valence-corrected chi connectivity index (χ0v) is 21.3. The van der Waals surface area contributed by atoms with Gasteiger partial charge in [0.2, 0.25) is 0 Å². The van der Waals surface area contributed by atoms with Gasteiger partial charge in [-0.2, -0.15) is 13.2 Å². The number of nitrogens with one attached hydrogen (secondary N) is 1. The predicted molar refractivity (Wildman–Crippen MR) is 136 cm³/mol. The smallest absolute Gasteiger partial charge is 0.416 e. The molecule has 8 heteroatoms. The average Bonchev–Trinajstić information content (AvgIpc) is 3.24. The standard InChI is InChI=1S/C27H31F3N2O2S/c1-26(2,3)31-14-17-6-5-11-32(15-17)23-10-7-18(12-21(23)25(33)34-4)22-16-35-24-13-19(27(28,29)30)8-9-20(22)24/h7-10,12-13,16-17,31H,5-6,11,14-15H2,1-4H3/t17-/m1/s1. The van der Waals surface area contributed by atoms with E-state index in [0.717, 1.165) is 60.7 Å². The first kappa shape index (κ1) is 25.5. The molecule has 1 saturated heterocycles. The van der Waals surface area contributed by atoms with Crippen LogP contribution in [0.4, 0.5) is 18.9 Å². The van der Waals surface area contributed by atoms with Crippen LogP contribution >= 0.6 is 11.3 Å². The number of alkyl halides is 3. The van der Waals surface area contributed by atoms with Gasteiger partial charge in [-0.1, -0.05) is 12.1 Å². The lowest BCUT2D eigenvalue weighted by molar-refractivity contribution is -0.137. The molecule has 1 aromatic heterocycles. The van der Waals surface area contributed by atoms with E-state index in [1.165, 1.54) is 30.6 Å². The molecule has 0 aliphatic carbocycles. The van der Waals surface area contributed by atoms with Crippen LogP contribution in [0, 0.1) is 5.92 Å². The molecule has 4 nitrogen and oxygen atoms in total. The van der Waals surface area contributed by atoms with Crippen LogP contribution in [0.25, 0.3) is 21.2 Å². The Kier molecular flexibility index (Phi) is 7.16. The molecule has 0 bridgehead atoms. The van der Waals surface area contributed by atoms with E-state index in [2.05, 4.69) is 31.0 Å². The van der Waals surface area contributed by atoms with Crippen molar-refractivity contribution in [2.45, 2.75) is 45.3 Å². The number of piperidine rings is 1. The number of ether oxygens (including phenoxy) is 1. The van der Waals surface area contributed by atoms with Crippen LogP contribution in [0.1, 0.15) is 49.5 Å². The van der Waals surface area contributed by atoms with Crippen molar-refractivity contribution in [2.75, 3.05) is 31.6 Å². The molecule has 1 aliphatic rings. The van der Waals surface area contributed by atoms with E-state index in [-0.39, 0.29) is 5.54 Å². The fourth-order valence-corrected chi connectivity index (χ4v) is 5.59. The van der Waals surface area contributed by atoms with E-state index in [9.17, 15) is 18.0 Å². The van der Waals surface area contributed by atoms with Crippen LogP contribution in [-0.4, -0.2) is 38.3 Å². The quantitative estimate of drug-likeness (QED) is 0.381. The van der Waals surface area contributed by atoms with Crippen LogP contribution in [0.15, 0.2) is 41.8 Å². The number of anilines is 1. The van der Waals surface area contributed by atoms with Crippen molar-refractivity contribution in [3.63, 3.8) is 0 Å². The zero-order valence-electron chi connectivity index (χ0n) is 20.5. The summed E-state index contributed by atoms with van der Waals surface area (Å²) in [7, 11) is 1.36. The molecule has 1 atom stereocenters. The second kappa shape index (κ2) is 9.82. The normalized spacial score (nSPS) is 17.1. The summed E-state index contributed by atoms with van der Waals surface area (Å²) < 4.78 is 45.0. The Bertz CT molecular complexity index is 1210. The third-order valence-corrected chi connectivity index (χ3v) is 7.34. The molecule has 188 valence electrons. The van der Waals surface area contributed by atoms with Crippen molar-refractivity contribution < 1.29 is 22.7 Å². The van der Waals surface area contributed by atoms with Crippen molar-refractivity contribution in [2.24, 2.45) is 5.92 Å². The molecule has 35 heavy (non-hydrogen) atoms. The van der Waals surface area contributed by atoms with Crippen molar-refractivity contribution in [3.8, 4) is 11.1 Å². The minimum absolute atomic E-state index is 0.0469. The number of rotatable bonds is 5. The Balaban J connectivity index is 1.65. The number of halogens is 3. The summed E-state index contributed by atoms with van der Waals surface area (Å²) in [5.41, 5.74) is 2.28. The molecule has 0 saturated carbocycles. The summed E-state index contributed by atoms with van der Waals surface area (Å²) in [5, 5.41) is 6.16. The number of benzene rings is 2. The van der Waals surface area contributed by atoms with E-state index in [1.807, 2.05) is 17.5 Å². The summed E-state index contributed by atoms with van der Waals surface area (Å²) in [4.78, 5) is 15.0. The molecule has 1 N–H and O–H groups in total. The highest BCUT2D eigenvalue weighted by molar-refractivity contribution is 7.17. The number of thiophene rings is 1. The molecule has 4 rings (SSSR count). The van der Waals surface area contributed by atoms with Gasteiger partial charge in [0.1, 0.15) is 0 Å². The van der Waals surface area contributed by atoms with E-state index < -0.39 is 17.7 Å². The van der Waals surface area contributed by atoms with Gasteiger partial charge < -0.3 is 15.0 Å². The van der Waals surface area contributed by atoms with Crippen LogP contribution in [0.2, 0.25) is 0 Å². The minimum atomic E-state index is -4.38. The second-order valence-corrected chi connectivity index (χ2v) is 11.1. The largest absolute Gasteiger partial charge is 0.465 e. The number of methoxy groups -OCH3 is 1. The zero-order chi connectivity index (χ0) is 25.4. The molecule has 2 aromatic carbocycles. The van der Waals surface area contributed by atoms with Crippen LogP contribution in [0.3, 0.4) is 0 Å². The first-order valence-corrected chi connectivity index (χ1v) is 12.7. The van der Waals surface area contributed by atoms with Gasteiger partial charge >= 0.3 is 12.1 Å².